The van der Waals surface area contributed by atoms with Gasteiger partial charge in [-0.2, -0.15) is 0 Å². The fraction of sp³-hybridized carbons (Fsp3) is 0.238. The van der Waals surface area contributed by atoms with Gasteiger partial charge in [0.05, 0.1) is 16.6 Å². The molecule has 0 saturated carbocycles. The molecule has 8 nitrogen and oxygen atoms in total. The first kappa shape index (κ1) is 20.5. The molecule has 4 amide bonds. The minimum absolute atomic E-state index is 0.0124. The number of hydrogen-bond acceptors (Lipinski definition) is 4. The van der Waals surface area contributed by atoms with Crippen molar-refractivity contribution in [2.45, 2.75) is 12.8 Å². The van der Waals surface area contributed by atoms with Gasteiger partial charge in [-0.05, 0) is 42.8 Å². The van der Waals surface area contributed by atoms with Gasteiger partial charge in [0.25, 0.3) is 0 Å². The lowest BCUT2D eigenvalue weighted by molar-refractivity contribution is -0.125. The van der Waals surface area contributed by atoms with E-state index in [1.807, 2.05) is 0 Å². The summed E-state index contributed by atoms with van der Waals surface area (Å²) in [5, 5.41) is 2.74. The Kier molecular flexibility index (Phi) is 5.37. The highest BCUT2D eigenvalue weighted by molar-refractivity contribution is 6.01. The summed E-state index contributed by atoms with van der Waals surface area (Å²) in [5.74, 6) is -1.55. The lowest BCUT2D eigenvalue weighted by Gasteiger charge is -2.13. The van der Waals surface area contributed by atoms with E-state index in [9.17, 15) is 23.2 Å². The molecule has 1 aliphatic heterocycles. The summed E-state index contributed by atoms with van der Waals surface area (Å²) < 4.78 is 27.5. The van der Waals surface area contributed by atoms with Crippen LogP contribution in [0.1, 0.15) is 12.8 Å². The molecule has 3 aromatic rings. The highest BCUT2D eigenvalue weighted by Crippen LogP contribution is 2.25. The molecule has 0 radical (unpaired) electrons. The van der Waals surface area contributed by atoms with Crippen molar-refractivity contribution in [3.63, 3.8) is 0 Å². The Morgan fingerprint density at radius 3 is 2.74 bits per heavy atom. The number of anilines is 1. The van der Waals surface area contributed by atoms with Crippen molar-refractivity contribution in [3.8, 4) is 11.4 Å². The largest absolute Gasteiger partial charge is 0.338 e. The molecular weight excluding hydrogens is 408 g/mol. The number of amides is 4. The van der Waals surface area contributed by atoms with Gasteiger partial charge in [0, 0.05) is 25.7 Å². The molecule has 1 aromatic heterocycles. The normalized spacial score (nSPS) is 14.0. The van der Waals surface area contributed by atoms with Gasteiger partial charge in [-0.1, -0.05) is 0 Å². The molecule has 0 aliphatic carbocycles. The number of hydrogen-bond donors (Lipinski definition) is 2. The van der Waals surface area contributed by atoms with Crippen LogP contribution in [0.2, 0.25) is 0 Å². The van der Waals surface area contributed by atoms with E-state index in [1.165, 1.54) is 4.90 Å². The molecule has 31 heavy (non-hydrogen) atoms. The zero-order valence-electron chi connectivity index (χ0n) is 16.6. The number of fused-ring (bicyclic) bond motifs is 1. The number of carbonyl (C=O) groups excluding carboxylic acids is 3. The Balaban J connectivity index is 1.39. The quantitative estimate of drug-likeness (QED) is 0.591. The number of nitrogens with zero attached hydrogens (tertiary/aromatic N) is 3. The number of nitrogens with one attached hydrogen (secondary N) is 2. The highest BCUT2D eigenvalue weighted by Gasteiger charge is 2.32. The zero-order chi connectivity index (χ0) is 22.1. The van der Waals surface area contributed by atoms with Crippen LogP contribution in [0.4, 0.5) is 19.3 Å². The summed E-state index contributed by atoms with van der Waals surface area (Å²) >= 11 is 0. The van der Waals surface area contributed by atoms with Gasteiger partial charge in [-0.3, -0.25) is 14.5 Å². The number of carbonyl (C=O) groups is 3. The lowest BCUT2D eigenvalue weighted by Crippen LogP contribution is -2.32. The molecule has 0 bridgehead atoms. The Morgan fingerprint density at radius 1 is 1.19 bits per heavy atom. The monoisotopic (exact) mass is 427 g/mol. The Bertz CT molecular complexity index is 1190. The topological polar surface area (TPSA) is 98.4 Å². The third-order valence-corrected chi connectivity index (χ3v) is 4.97. The van der Waals surface area contributed by atoms with E-state index in [0.717, 1.165) is 23.1 Å². The van der Waals surface area contributed by atoms with E-state index in [1.54, 1.807) is 25.2 Å². The SMILES string of the molecule is CN1CC(=O)N(CCCC(=O)Nc2ccc3nc(-c4cc(F)ccc4F)[nH]c3c2)C1=O. The number of benzene rings is 2. The van der Waals surface area contributed by atoms with Crippen LogP contribution in [0, 0.1) is 11.6 Å². The molecule has 4 rings (SSSR count). The number of imidazole rings is 1. The number of rotatable bonds is 6. The number of aromatic amines is 1. The van der Waals surface area contributed by atoms with Crippen LogP contribution < -0.4 is 5.32 Å². The molecule has 0 unspecified atom stereocenters. The van der Waals surface area contributed by atoms with Crippen LogP contribution in [-0.4, -0.2) is 57.8 Å². The maximum atomic E-state index is 14.0. The zero-order valence-corrected chi connectivity index (χ0v) is 16.6. The first-order valence-electron chi connectivity index (χ1n) is 9.62. The molecule has 10 heteroatoms. The van der Waals surface area contributed by atoms with Crippen molar-refractivity contribution in [1.82, 2.24) is 19.8 Å². The molecule has 2 N–H and O–H groups in total. The van der Waals surface area contributed by atoms with Crippen LogP contribution in [0.3, 0.4) is 0 Å². The standard InChI is InChI=1S/C21H19F2N5O3/c1-27-11-19(30)28(21(27)31)8-2-3-18(29)24-13-5-7-16-17(10-13)26-20(25-16)14-9-12(22)4-6-15(14)23/h4-7,9-10H,2-3,8,11H2,1H3,(H,24,29)(H,25,26). The molecule has 1 saturated heterocycles. The number of H-pyrrole nitrogens is 1. The summed E-state index contributed by atoms with van der Waals surface area (Å²) in [7, 11) is 1.55. The highest BCUT2D eigenvalue weighted by atomic mass is 19.1. The summed E-state index contributed by atoms with van der Waals surface area (Å²) in [6, 6.07) is 7.70. The fourth-order valence-corrected chi connectivity index (χ4v) is 3.40. The van der Waals surface area contributed by atoms with Crippen molar-refractivity contribution in [3.05, 3.63) is 48.0 Å². The second-order valence-electron chi connectivity index (χ2n) is 7.28. The second-order valence-corrected chi connectivity index (χ2v) is 7.28. The lowest BCUT2D eigenvalue weighted by atomic mass is 10.2. The van der Waals surface area contributed by atoms with Gasteiger partial charge in [-0.25, -0.2) is 18.6 Å². The van der Waals surface area contributed by atoms with Crippen molar-refractivity contribution in [2.75, 3.05) is 25.5 Å². The minimum atomic E-state index is -0.602. The van der Waals surface area contributed by atoms with E-state index < -0.39 is 11.6 Å². The number of halogens is 2. The smallest absolute Gasteiger partial charge is 0.326 e. The average molecular weight is 427 g/mol. The molecule has 1 fully saturated rings. The van der Waals surface area contributed by atoms with Gasteiger partial charge in [-0.15, -0.1) is 0 Å². The van der Waals surface area contributed by atoms with Crippen molar-refractivity contribution >= 4 is 34.6 Å². The predicted octanol–water partition coefficient (Wildman–Crippen LogP) is 3.12. The average Bonchev–Trinajstić information content (AvgIpc) is 3.25. The van der Waals surface area contributed by atoms with E-state index in [-0.39, 0.29) is 48.7 Å². The van der Waals surface area contributed by atoms with Crippen molar-refractivity contribution in [1.29, 1.82) is 0 Å². The Morgan fingerprint density at radius 2 is 2.00 bits per heavy atom. The number of imide groups is 1. The summed E-state index contributed by atoms with van der Waals surface area (Å²) in [4.78, 5) is 45.5. The van der Waals surface area contributed by atoms with Gasteiger partial charge in [0.2, 0.25) is 11.8 Å². The third-order valence-electron chi connectivity index (χ3n) is 4.97. The van der Waals surface area contributed by atoms with Crippen LogP contribution >= 0.6 is 0 Å². The second kappa shape index (κ2) is 8.13. The Labute approximate surface area is 175 Å². The van der Waals surface area contributed by atoms with E-state index in [2.05, 4.69) is 15.3 Å². The van der Waals surface area contributed by atoms with E-state index in [0.29, 0.717) is 23.1 Å². The van der Waals surface area contributed by atoms with Crippen LogP contribution in [0.15, 0.2) is 36.4 Å². The third kappa shape index (κ3) is 4.23. The maximum Gasteiger partial charge on any atom is 0.326 e. The summed E-state index contributed by atoms with van der Waals surface area (Å²) in [5.41, 5.74) is 1.60. The van der Waals surface area contributed by atoms with Crippen molar-refractivity contribution in [2.24, 2.45) is 0 Å². The molecule has 2 heterocycles. The van der Waals surface area contributed by atoms with Crippen LogP contribution in [0.25, 0.3) is 22.4 Å². The minimum Gasteiger partial charge on any atom is -0.338 e. The van der Waals surface area contributed by atoms with Gasteiger partial charge < -0.3 is 15.2 Å². The Hall–Kier alpha value is -3.82. The van der Waals surface area contributed by atoms with Gasteiger partial charge >= 0.3 is 6.03 Å². The van der Waals surface area contributed by atoms with Crippen LogP contribution in [-0.2, 0) is 9.59 Å². The molecule has 0 atom stereocenters. The maximum absolute atomic E-state index is 14.0. The van der Waals surface area contributed by atoms with Crippen LogP contribution in [0.5, 0.6) is 0 Å². The molecular formula is C21H19F2N5O3. The fourth-order valence-electron chi connectivity index (χ4n) is 3.40. The summed E-state index contributed by atoms with van der Waals surface area (Å²) in [6.07, 6.45) is 0.466. The first-order chi connectivity index (χ1) is 14.8. The van der Waals surface area contributed by atoms with Gasteiger partial charge in [0.1, 0.15) is 24.0 Å². The predicted molar refractivity (Wildman–Crippen MR) is 109 cm³/mol. The van der Waals surface area contributed by atoms with Crippen molar-refractivity contribution < 1.29 is 23.2 Å². The number of likely N-dealkylation sites (N-methyl/N-ethyl adjacent to an activating group) is 1. The van der Waals surface area contributed by atoms with Gasteiger partial charge in [0.15, 0.2) is 0 Å². The first-order valence-corrected chi connectivity index (χ1v) is 9.62. The number of urea groups is 1. The molecule has 2 aromatic carbocycles. The summed E-state index contributed by atoms with van der Waals surface area (Å²) in [6.45, 7) is 0.230. The molecule has 0 spiro atoms. The molecule has 1 aliphatic rings. The van der Waals surface area contributed by atoms with E-state index in [4.69, 9.17) is 0 Å². The molecule has 160 valence electrons. The number of aromatic nitrogens is 2. The van der Waals surface area contributed by atoms with E-state index >= 15 is 0 Å².